The highest BCUT2D eigenvalue weighted by molar-refractivity contribution is 6.38. The largest absolute Gasteiger partial charge is 0.454 e. The number of aryl methyl sites for hydroxylation is 3. The Kier molecular flexibility index (Phi) is 3.67. The first-order valence-electron chi connectivity index (χ1n) is 7.79. The maximum atomic E-state index is 12.1. The van der Waals surface area contributed by atoms with Gasteiger partial charge in [0.15, 0.2) is 5.58 Å². The molecule has 0 N–H and O–H groups in total. The summed E-state index contributed by atoms with van der Waals surface area (Å²) in [7, 11) is 0. The van der Waals surface area contributed by atoms with Crippen LogP contribution in [0.4, 0.5) is 0 Å². The van der Waals surface area contributed by atoms with E-state index in [1.807, 2.05) is 39.0 Å². The van der Waals surface area contributed by atoms with Gasteiger partial charge in [-0.25, -0.2) is 4.79 Å². The summed E-state index contributed by atoms with van der Waals surface area (Å²) < 4.78 is 11.5. The number of fused-ring (bicyclic) bond motifs is 2. The summed E-state index contributed by atoms with van der Waals surface area (Å²) in [5.74, 6) is 0.598. The molecule has 0 aliphatic heterocycles. The van der Waals surface area contributed by atoms with Crippen molar-refractivity contribution in [1.29, 1.82) is 0 Å². The minimum absolute atomic E-state index is 0.416. The van der Waals surface area contributed by atoms with Crippen LogP contribution in [0.15, 0.2) is 44.0 Å². The van der Waals surface area contributed by atoms with Gasteiger partial charge in [-0.1, -0.05) is 35.3 Å². The van der Waals surface area contributed by atoms with Crippen LogP contribution in [0.3, 0.4) is 0 Å². The van der Waals surface area contributed by atoms with E-state index in [1.165, 1.54) is 6.07 Å². The third kappa shape index (κ3) is 2.46. The van der Waals surface area contributed by atoms with Crippen molar-refractivity contribution in [2.75, 3.05) is 0 Å². The zero-order valence-electron chi connectivity index (χ0n) is 13.9. The predicted molar refractivity (Wildman–Crippen MR) is 102 cm³/mol. The first kappa shape index (κ1) is 16.2. The molecule has 0 bridgehead atoms. The summed E-state index contributed by atoms with van der Waals surface area (Å²) in [6.45, 7) is 5.84. The lowest BCUT2D eigenvalue weighted by Crippen LogP contribution is -2.00. The van der Waals surface area contributed by atoms with Gasteiger partial charge in [0, 0.05) is 33.0 Å². The minimum Gasteiger partial charge on any atom is -0.454 e. The van der Waals surface area contributed by atoms with E-state index in [0.717, 1.165) is 27.5 Å². The second-order valence-electron chi connectivity index (χ2n) is 6.18. The summed E-state index contributed by atoms with van der Waals surface area (Å²) in [6.07, 6.45) is 0. The van der Waals surface area contributed by atoms with Crippen LogP contribution >= 0.6 is 23.2 Å². The van der Waals surface area contributed by atoms with Crippen LogP contribution in [-0.4, -0.2) is 0 Å². The first-order valence-corrected chi connectivity index (χ1v) is 8.55. The van der Waals surface area contributed by atoms with E-state index in [2.05, 4.69) is 0 Å². The second kappa shape index (κ2) is 5.65. The van der Waals surface area contributed by atoms with Crippen molar-refractivity contribution in [3.05, 3.63) is 67.5 Å². The monoisotopic (exact) mass is 372 g/mol. The van der Waals surface area contributed by atoms with Crippen LogP contribution in [0.2, 0.25) is 10.0 Å². The van der Waals surface area contributed by atoms with Crippen molar-refractivity contribution in [1.82, 2.24) is 0 Å². The Hall–Kier alpha value is -2.23. The topological polar surface area (TPSA) is 43.4 Å². The van der Waals surface area contributed by atoms with E-state index in [4.69, 9.17) is 32.0 Å². The Morgan fingerprint density at radius 3 is 2.36 bits per heavy atom. The number of rotatable bonds is 1. The highest BCUT2D eigenvalue weighted by Gasteiger charge is 2.19. The molecule has 3 nitrogen and oxygen atoms in total. The molecule has 0 radical (unpaired) electrons. The van der Waals surface area contributed by atoms with Crippen LogP contribution < -0.4 is 5.63 Å². The Balaban J connectivity index is 2.14. The lowest BCUT2D eigenvalue weighted by atomic mass is 10.00. The van der Waals surface area contributed by atoms with Gasteiger partial charge in [0.25, 0.3) is 0 Å². The molecule has 2 aromatic carbocycles. The van der Waals surface area contributed by atoms with Crippen LogP contribution in [0.5, 0.6) is 0 Å². The number of hydrogen-bond donors (Lipinski definition) is 0. The van der Waals surface area contributed by atoms with Crippen LogP contribution in [0.25, 0.3) is 33.3 Å². The SMILES string of the molecule is Cc1ccc2c(-c3oc4c(Cl)cc(Cl)cc4c3C)cc(=O)oc2c1C. The fourth-order valence-corrected chi connectivity index (χ4v) is 3.68. The van der Waals surface area contributed by atoms with Gasteiger partial charge >= 0.3 is 5.63 Å². The molecule has 4 rings (SSSR count). The average Bonchev–Trinajstić information content (AvgIpc) is 2.88. The number of furan rings is 1. The van der Waals surface area contributed by atoms with E-state index in [0.29, 0.717) is 32.5 Å². The van der Waals surface area contributed by atoms with Crippen LogP contribution in [-0.2, 0) is 0 Å². The molecule has 0 fully saturated rings. The van der Waals surface area contributed by atoms with E-state index in [1.54, 1.807) is 6.07 Å². The third-order valence-corrected chi connectivity index (χ3v) is 5.13. The normalized spacial score (nSPS) is 11.6. The summed E-state index contributed by atoms with van der Waals surface area (Å²) in [5.41, 5.74) is 4.28. The Labute approximate surface area is 153 Å². The molecule has 0 saturated carbocycles. The summed E-state index contributed by atoms with van der Waals surface area (Å²) in [5, 5.41) is 2.64. The third-order valence-electron chi connectivity index (χ3n) is 4.63. The van der Waals surface area contributed by atoms with Gasteiger partial charge in [-0.3, -0.25) is 0 Å². The van der Waals surface area contributed by atoms with Gasteiger partial charge in [0.1, 0.15) is 11.3 Å². The van der Waals surface area contributed by atoms with Gasteiger partial charge in [-0.2, -0.15) is 0 Å². The zero-order chi connectivity index (χ0) is 17.9. The van der Waals surface area contributed by atoms with Crippen molar-refractivity contribution in [3.8, 4) is 11.3 Å². The molecule has 25 heavy (non-hydrogen) atoms. The van der Waals surface area contributed by atoms with Gasteiger partial charge in [0.05, 0.1) is 5.02 Å². The molecule has 5 heteroatoms. The van der Waals surface area contributed by atoms with Gasteiger partial charge < -0.3 is 8.83 Å². The molecule has 4 aromatic rings. The molecular weight excluding hydrogens is 359 g/mol. The molecule has 0 aliphatic rings. The smallest absolute Gasteiger partial charge is 0.336 e. The maximum Gasteiger partial charge on any atom is 0.336 e. The lowest BCUT2D eigenvalue weighted by Gasteiger charge is -2.08. The lowest BCUT2D eigenvalue weighted by molar-refractivity contribution is 0.557. The molecule has 2 heterocycles. The fourth-order valence-electron chi connectivity index (χ4n) is 3.15. The second-order valence-corrected chi connectivity index (χ2v) is 7.03. The molecule has 0 unspecified atom stereocenters. The summed E-state index contributed by atoms with van der Waals surface area (Å²) in [4.78, 5) is 12.1. The Morgan fingerprint density at radius 1 is 0.840 bits per heavy atom. The fraction of sp³-hybridized carbons (Fsp3) is 0.150. The standard InChI is InChI=1S/C20H14Cl2O3/c1-9-4-5-13-15(8-17(23)24-18(13)10(9)2)19-11(3)14-6-12(21)7-16(22)20(14)25-19/h4-8H,1-3H3. The van der Waals surface area contributed by atoms with Crippen LogP contribution in [0.1, 0.15) is 16.7 Å². The average molecular weight is 373 g/mol. The molecule has 0 aliphatic carbocycles. The number of hydrogen-bond acceptors (Lipinski definition) is 3. The molecule has 0 saturated heterocycles. The Morgan fingerprint density at radius 2 is 1.60 bits per heavy atom. The quantitative estimate of drug-likeness (QED) is 0.361. The van der Waals surface area contributed by atoms with Gasteiger partial charge in [-0.15, -0.1) is 0 Å². The number of halogens is 2. The molecular formula is C20H14Cl2O3. The molecule has 0 spiro atoms. The molecule has 0 atom stereocenters. The van der Waals surface area contributed by atoms with E-state index < -0.39 is 5.63 Å². The van der Waals surface area contributed by atoms with Gasteiger partial charge in [-0.05, 0) is 44.0 Å². The van der Waals surface area contributed by atoms with Crippen molar-refractivity contribution < 1.29 is 8.83 Å². The van der Waals surface area contributed by atoms with Crippen molar-refractivity contribution in [2.24, 2.45) is 0 Å². The zero-order valence-corrected chi connectivity index (χ0v) is 15.4. The highest BCUT2D eigenvalue weighted by Crippen LogP contribution is 2.40. The van der Waals surface area contributed by atoms with E-state index in [-0.39, 0.29) is 0 Å². The van der Waals surface area contributed by atoms with Gasteiger partial charge in [0.2, 0.25) is 0 Å². The summed E-state index contributed by atoms with van der Waals surface area (Å²) in [6, 6.07) is 8.86. The maximum absolute atomic E-state index is 12.1. The first-order chi connectivity index (χ1) is 11.9. The number of benzene rings is 2. The van der Waals surface area contributed by atoms with Crippen LogP contribution in [0, 0.1) is 20.8 Å². The van der Waals surface area contributed by atoms with Crippen molar-refractivity contribution >= 4 is 45.1 Å². The van der Waals surface area contributed by atoms with Crippen molar-refractivity contribution in [2.45, 2.75) is 20.8 Å². The van der Waals surface area contributed by atoms with Crippen molar-refractivity contribution in [3.63, 3.8) is 0 Å². The van der Waals surface area contributed by atoms with E-state index in [9.17, 15) is 4.79 Å². The van der Waals surface area contributed by atoms with E-state index >= 15 is 0 Å². The molecule has 2 aromatic heterocycles. The molecule has 126 valence electrons. The summed E-state index contributed by atoms with van der Waals surface area (Å²) >= 11 is 12.4. The highest BCUT2D eigenvalue weighted by atomic mass is 35.5. The molecule has 0 amide bonds. The Bertz CT molecular complexity index is 1220. The minimum atomic E-state index is -0.416. The predicted octanol–water partition coefficient (Wildman–Crippen LogP) is 6.44.